The van der Waals surface area contributed by atoms with Crippen molar-refractivity contribution in [1.29, 1.82) is 5.26 Å². The van der Waals surface area contributed by atoms with Gasteiger partial charge in [-0.1, -0.05) is 35.3 Å². The van der Waals surface area contributed by atoms with Gasteiger partial charge in [-0.05, 0) is 62.3 Å². The highest BCUT2D eigenvalue weighted by Crippen LogP contribution is 2.51. The van der Waals surface area contributed by atoms with Gasteiger partial charge in [-0.3, -0.25) is 4.79 Å². The van der Waals surface area contributed by atoms with Crippen LogP contribution in [0, 0.1) is 41.7 Å². The number of amides is 1. The number of carbonyl (C=O) groups excluding carboxylic acids is 1. The molecule has 2 aromatic carbocycles. The number of methoxy groups -OCH3 is 1. The molecule has 13 heteroatoms. The molecule has 9 nitrogen and oxygen atoms in total. The molecule has 5 atom stereocenters. The molecule has 5 fully saturated rings. The predicted molar refractivity (Wildman–Crippen MR) is 197 cm³/mol. The van der Waals surface area contributed by atoms with E-state index in [0.717, 1.165) is 48.6 Å². The summed E-state index contributed by atoms with van der Waals surface area (Å²) in [6, 6.07) is 12.6. The summed E-state index contributed by atoms with van der Waals surface area (Å²) in [6.07, 6.45) is 4.25. The Bertz CT molecular complexity index is 2360. The van der Waals surface area contributed by atoms with Crippen LogP contribution in [0.25, 0.3) is 32.9 Å². The number of nitrogens with zero attached hydrogens (tertiary/aromatic N) is 5. The quantitative estimate of drug-likeness (QED) is 0.161. The third-order valence-corrected chi connectivity index (χ3v) is 12.3. The first-order chi connectivity index (χ1) is 25.7. The maximum absolute atomic E-state index is 17.2. The van der Waals surface area contributed by atoms with Gasteiger partial charge in [-0.25, -0.2) is 18.7 Å². The van der Waals surface area contributed by atoms with E-state index in [2.05, 4.69) is 27.0 Å². The summed E-state index contributed by atoms with van der Waals surface area (Å²) in [4.78, 5) is 24.9. The van der Waals surface area contributed by atoms with Crippen LogP contribution in [0.3, 0.4) is 0 Å². The number of nitrogens with one attached hydrogen (secondary N) is 1. The molecule has 5 aliphatic rings. The van der Waals surface area contributed by atoms with Gasteiger partial charge in [0.05, 0.1) is 53.6 Å². The summed E-state index contributed by atoms with van der Waals surface area (Å²) < 4.78 is 45.6. The van der Waals surface area contributed by atoms with E-state index in [0.29, 0.717) is 52.5 Å². The van der Waals surface area contributed by atoms with Crippen LogP contribution in [0.4, 0.5) is 8.78 Å². The molecule has 0 radical (unpaired) electrons. The molecule has 1 N–H and O–H groups in total. The van der Waals surface area contributed by atoms with E-state index >= 15 is 4.39 Å². The van der Waals surface area contributed by atoms with E-state index in [4.69, 9.17) is 37.7 Å². The van der Waals surface area contributed by atoms with Crippen LogP contribution in [0.15, 0.2) is 42.6 Å². The van der Waals surface area contributed by atoms with Gasteiger partial charge in [0.2, 0.25) is 5.91 Å². The number of benzene rings is 2. The number of aryl methyl sites for hydroxylation is 2. The van der Waals surface area contributed by atoms with E-state index in [9.17, 15) is 14.4 Å². The van der Waals surface area contributed by atoms with E-state index in [-0.39, 0.29) is 64.1 Å². The maximum Gasteiger partial charge on any atom is 0.256 e. The van der Waals surface area contributed by atoms with Gasteiger partial charge in [0.15, 0.2) is 11.6 Å². The van der Waals surface area contributed by atoms with Gasteiger partial charge in [0.25, 0.3) is 5.88 Å². The van der Waals surface area contributed by atoms with Gasteiger partial charge in [-0.15, -0.1) is 0 Å². The Hall–Kier alpha value is -4.50. The Morgan fingerprint density at radius 1 is 1.15 bits per heavy atom. The minimum Gasteiger partial charge on any atom is -0.483 e. The van der Waals surface area contributed by atoms with Crippen LogP contribution in [0.5, 0.6) is 11.6 Å². The first kappa shape index (κ1) is 34.3. The minimum atomic E-state index is -0.550. The molecule has 5 unspecified atom stereocenters. The molecule has 53 heavy (non-hydrogen) atoms. The van der Waals surface area contributed by atoms with Crippen LogP contribution in [0.2, 0.25) is 10.0 Å². The van der Waals surface area contributed by atoms with Gasteiger partial charge >= 0.3 is 0 Å². The summed E-state index contributed by atoms with van der Waals surface area (Å²) in [7, 11) is 1.45. The summed E-state index contributed by atoms with van der Waals surface area (Å²) in [5.41, 5.74) is 4.01. The maximum atomic E-state index is 17.2. The number of pyridine rings is 2. The Balaban J connectivity index is 1.25. The summed E-state index contributed by atoms with van der Waals surface area (Å²) in [5.74, 6) is -0.336. The molecule has 10 rings (SSSR count). The first-order valence-corrected chi connectivity index (χ1v) is 18.8. The van der Waals surface area contributed by atoms with Crippen molar-refractivity contribution < 1.29 is 23.0 Å². The van der Waals surface area contributed by atoms with Crippen LogP contribution in [0.1, 0.15) is 61.1 Å². The Kier molecular flexibility index (Phi) is 8.48. The number of halogens is 4. The predicted octanol–water partition coefficient (Wildman–Crippen LogP) is 8.27. The fraction of sp³-hybridized carbons (Fsp3) is 0.400. The average Bonchev–Trinajstić information content (AvgIpc) is 3.43. The van der Waals surface area contributed by atoms with E-state index in [1.54, 1.807) is 18.2 Å². The lowest BCUT2D eigenvalue weighted by molar-refractivity contribution is -0.133. The van der Waals surface area contributed by atoms with Crippen molar-refractivity contribution in [2.75, 3.05) is 20.2 Å². The standard InChI is InChI=1S/C40H36Cl2F2N6O3/c1-19-26-15-31(30-14-24(18-49(30)40(51)20-8-9-20)53-32-13-23(43)17-47-39(32)52-2)50(37-22-12-29(37)46-16-22)38(26)27-11-21(5-4-10-45)33(35(44)36(27)48-19)25-6-3-7-28(41)34(25)42/h3,6-7,11,13,15,17,20,22,24,29-30,37,46H,4-5,8-9,12,14,16,18H2,1-2H3. The second-order valence-electron chi connectivity index (χ2n) is 14.7. The number of fused-ring (bicyclic) bond motifs is 4. The van der Waals surface area contributed by atoms with E-state index in [1.165, 1.54) is 13.2 Å². The van der Waals surface area contributed by atoms with Crippen molar-refractivity contribution in [1.82, 2.24) is 24.8 Å². The molecule has 2 bridgehead atoms. The van der Waals surface area contributed by atoms with Crippen LogP contribution < -0.4 is 14.8 Å². The lowest BCUT2D eigenvalue weighted by Crippen LogP contribution is -2.41. The number of ether oxygens (including phenoxy) is 2. The number of likely N-dealkylation sites (tertiary alicyclic amines) is 1. The highest BCUT2D eigenvalue weighted by Gasteiger charge is 2.51. The highest BCUT2D eigenvalue weighted by atomic mass is 35.5. The largest absolute Gasteiger partial charge is 0.483 e. The molecule has 0 spiro atoms. The topological polar surface area (TPSA) is 105 Å². The number of aromatic nitrogens is 3. The lowest BCUT2D eigenvalue weighted by Gasteiger charge is -2.39. The van der Waals surface area contributed by atoms with E-state index < -0.39 is 17.7 Å². The molecule has 1 amide bonds. The average molecular weight is 758 g/mol. The number of hydrogen-bond acceptors (Lipinski definition) is 7. The Labute approximate surface area is 314 Å². The molecule has 2 saturated carbocycles. The number of rotatable bonds is 9. The fourth-order valence-corrected chi connectivity index (χ4v) is 9.29. The fourth-order valence-electron chi connectivity index (χ4n) is 8.90. The second kappa shape index (κ2) is 13.1. The van der Waals surface area contributed by atoms with Crippen LogP contribution in [-0.2, 0) is 11.2 Å². The van der Waals surface area contributed by atoms with Crippen molar-refractivity contribution in [3.63, 3.8) is 0 Å². The first-order valence-electron chi connectivity index (χ1n) is 18.0. The van der Waals surface area contributed by atoms with Gasteiger partial charge in [0, 0.05) is 70.7 Å². The molecular weight excluding hydrogens is 721 g/mol. The molecular formula is C40H36Cl2F2N6O3. The van der Waals surface area contributed by atoms with Crippen molar-refractivity contribution in [2.24, 2.45) is 11.8 Å². The monoisotopic (exact) mass is 756 g/mol. The zero-order chi connectivity index (χ0) is 36.7. The minimum absolute atomic E-state index is 0.0428. The summed E-state index contributed by atoms with van der Waals surface area (Å²) in [6.45, 7) is 3.06. The molecule has 272 valence electrons. The number of carbonyl (C=O) groups is 1. The van der Waals surface area contributed by atoms with Crippen molar-refractivity contribution in [3.8, 4) is 28.8 Å². The lowest BCUT2D eigenvalue weighted by atomic mass is 9.79. The second-order valence-corrected chi connectivity index (χ2v) is 15.5. The van der Waals surface area contributed by atoms with Crippen molar-refractivity contribution >= 4 is 50.9 Å². The van der Waals surface area contributed by atoms with Crippen molar-refractivity contribution in [3.05, 3.63) is 81.2 Å². The number of nitriles is 1. The molecule has 3 saturated heterocycles. The SMILES string of the molecule is COc1ncc(F)cc1OC1CC(c2cc3c(C)nc4c(F)c(-c5cccc(Cl)c5Cl)c(CCC#N)cc4c3n2C2C3CNC2C3)N(C(=O)C2CC2)C1. The normalized spacial score (nSPS) is 23.4. The summed E-state index contributed by atoms with van der Waals surface area (Å²) >= 11 is 13.1. The van der Waals surface area contributed by atoms with Crippen LogP contribution in [-0.4, -0.2) is 57.7 Å². The Morgan fingerprint density at radius 2 is 1.98 bits per heavy atom. The van der Waals surface area contributed by atoms with Gasteiger partial charge < -0.3 is 24.3 Å². The molecule has 3 aliphatic heterocycles. The highest BCUT2D eigenvalue weighted by molar-refractivity contribution is 6.43. The van der Waals surface area contributed by atoms with Gasteiger partial charge in [-0.2, -0.15) is 5.26 Å². The van der Waals surface area contributed by atoms with Crippen molar-refractivity contribution in [2.45, 2.75) is 69.7 Å². The third-order valence-electron chi connectivity index (χ3n) is 11.5. The molecule has 6 heterocycles. The zero-order valence-electron chi connectivity index (χ0n) is 29.1. The zero-order valence-corrected chi connectivity index (χ0v) is 30.6. The molecule has 5 aromatic rings. The summed E-state index contributed by atoms with van der Waals surface area (Å²) in [5, 5.41) is 15.3. The molecule has 3 aromatic heterocycles. The van der Waals surface area contributed by atoms with Gasteiger partial charge in [0.1, 0.15) is 17.4 Å². The number of hydrogen-bond donors (Lipinski definition) is 1. The van der Waals surface area contributed by atoms with Crippen LogP contribution >= 0.6 is 23.2 Å². The smallest absolute Gasteiger partial charge is 0.256 e. The van der Waals surface area contributed by atoms with E-state index in [1.807, 2.05) is 17.9 Å². The molecule has 2 aliphatic carbocycles. The Morgan fingerprint density at radius 3 is 2.70 bits per heavy atom. The third kappa shape index (κ3) is 5.60.